The minimum atomic E-state index is -0.00391. The van der Waals surface area contributed by atoms with Crippen LogP contribution in [0.1, 0.15) is 97.4 Å². The third-order valence-electron chi connectivity index (χ3n) is 6.46. The summed E-state index contributed by atoms with van der Waals surface area (Å²) in [6.45, 7) is 2.63. The lowest BCUT2D eigenvalue weighted by Crippen LogP contribution is -2.24. The van der Waals surface area contributed by atoms with Crippen molar-refractivity contribution >= 4 is 17.5 Å². The Bertz CT molecular complexity index is 1210. The van der Waals surface area contributed by atoms with Crippen LogP contribution < -0.4 is 5.32 Å². The topological polar surface area (TPSA) is 76.1 Å². The third-order valence-corrected chi connectivity index (χ3v) is 6.46. The van der Waals surface area contributed by atoms with Crippen LogP contribution in [-0.2, 0) is 11.2 Å². The molecule has 222 valence electrons. The highest BCUT2D eigenvalue weighted by molar-refractivity contribution is 5.98. The molecule has 0 fully saturated rings. The number of allylic oxidation sites excluding steroid dienone is 10. The van der Waals surface area contributed by atoms with E-state index in [0.29, 0.717) is 36.9 Å². The predicted molar refractivity (Wildman–Crippen MR) is 174 cm³/mol. The van der Waals surface area contributed by atoms with Gasteiger partial charge in [-0.2, -0.15) is 0 Å². The van der Waals surface area contributed by atoms with Crippen LogP contribution in [0, 0.1) is 0 Å². The lowest BCUT2D eigenvalue weighted by Gasteiger charge is -2.06. The van der Waals surface area contributed by atoms with Gasteiger partial charge in [0, 0.05) is 49.3 Å². The largest absolute Gasteiger partial charge is 0.356 e. The van der Waals surface area contributed by atoms with Crippen LogP contribution in [0.2, 0.25) is 0 Å². The maximum absolute atomic E-state index is 12.5. The molecule has 5 heteroatoms. The Morgan fingerprint density at radius 1 is 0.690 bits per heavy atom. The van der Waals surface area contributed by atoms with Crippen LogP contribution in [0.15, 0.2) is 110 Å². The van der Waals surface area contributed by atoms with E-state index in [2.05, 4.69) is 78.0 Å². The van der Waals surface area contributed by atoms with Crippen LogP contribution in [-0.4, -0.2) is 29.0 Å². The molecule has 1 amide bonds. The minimum absolute atomic E-state index is 0.00391. The number of hydrogen-bond acceptors (Lipinski definition) is 4. The molecule has 0 radical (unpaired) electrons. The van der Waals surface area contributed by atoms with Crippen molar-refractivity contribution in [2.24, 2.45) is 0 Å². The van der Waals surface area contributed by atoms with Crippen molar-refractivity contribution in [3.05, 3.63) is 126 Å². The zero-order valence-electron chi connectivity index (χ0n) is 25.0. The molecule has 1 aromatic carbocycles. The average molecular weight is 567 g/mol. The van der Waals surface area contributed by atoms with Crippen molar-refractivity contribution in [2.75, 3.05) is 6.54 Å². The number of unbranched alkanes of at least 4 members (excludes halogenated alkanes) is 1. The number of amides is 1. The minimum Gasteiger partial charge on any atom is -0.356 e. The van der Waals surface area contributed by atoms with Crippen LogP contribution >= 0.6 is 0 Å². The van der Waals surface area contributed by atoms with Gasteiger partial charge in [-0.1, -0.05) is 91.9 Å². The molecule has 1 N–H and O–H groups in total. The molecule has 0 saturated heterocycles. The van der Waals surface area contributed by atoms with Crippen LogP contribution in [0.5, 0.6) is 0 Å². The van der Waals surface area contributed by atoms with E-state index >= 15 is 0 Å². The van der Waals surface area contributed by atoms with E-state index in [4.69, 9.17) is 0 Å². The summed E-state index contributed by atoms with van der Waals surface area (Å²) in [5.41, 5.74) is 2.06. The number of aromatic nitrogens is 1. The maximum atomic E-state index is 12.5. The molecule has 1 heterocycles. The normalized spacial score (nSPS) is 11.9. The first-order chi connectivity index (χ1) is 20.6. The second-order valence-electron chi connectivity index (χ2n) is 10.0. The van der Waals surface area contributed by atoms with Crippen molar-refractivity contribution in [3.63, 3.8) is 0 Å². The Balaban J connectivity index is 1.48. The first-order valence-electron chi connectivity index (χ1n) is 15.2. The van der Waals surface area contributed by atoms with Crippen LogP contribution in [0.25, 0.3) is 0 Å². The van der Waals surface area contributed by atoms with E-state index in [1.165, 1.54) is 0 Å². The van der Waals surface area contributed by atoms with Crippen molar-refractivity contribution < 1.29 is 14.4 Å². The summed E-state index contributed by atoms with van der Waals surface area (Å²) < 4.78 is 0. The molecule has 42 heavy (non-hydrogen) atoms. The van der Waals surface area contributed by atoms with Crippen molar-refractivity contribution in [3.8, 4) is 0 Å². The predicted octanol–water partition coefficient (Wildman–Crippen LogP) is 8.51. The van der Waals surface area contributed by atoms with Gasteiger partial charge >= 0.3 is 0 Å². The smallest absolute Gasteiger partial charge is 0.220 e. The first-order valence-corrected chi connectivity index (χ1v) is 15.2. The number of hydrogen-bond donors (Lipinski definition) is 1. The van der Waals surface area contributed by atoms with Gasteiger partial charge in [0.25, 0.3) is 0 Å². The molecular weight excluding hydrogens is 520 g/mol. The molecule has 0 aliphatic heterocycles. The molecule has 0 aliphatic carbocycles. The summed E-state index contributed by atoms with van der Waals surface area (Å²) >= 11 is 0. The summed E-state index contributed by atoms with van der Waals surface area (Å²) in [5.74, 6) is 0.0565. The van der Waals surface area contributed by atoms with Gasteiger partial charge in [-0.25, -0.2) is 0 Å². The summed E-state index contributed by atoms with van der Waals surface area (Å²) in [7, 11) is 0. The molecule has 0 unspecified atom stereocenters. The van der Waals surface area contributed by atoms with Gasteiger partial charge in [0.05, 0.1) is 0 Å². The quantitative estimate of drug-likeness (QED) is 0.0933. The highest BCUT2D eigenvalue weighted by Crippen LogP contribution is 2.11. The molecule has 0 saturated carbocycles. The Kier molecular flexibility index (Phi) is 18.3. The van der Waals surface area contributed by atoms with Gasteiger partial charge in [-0.05, 0) is 69.1 Å². The SMILES string of the molecule is CC/C=C\C/C=C\C/C=C\C/C=C\C/C=C\CCCC(=O)NCCCC(=O)c1ccc(CC(=O)c2cccnc2)cc1. The summed E-state index contributed by atoms with van der Waals surface area (Å²) in [4.78, 5) is 40.9. The fourth-order valence-corrected chi connectivity index (χ4v) is 4.08. The number of pyridine rings is 1. The van der Waals surface area contributed by atoms with Crippen LogP contribution in [0.3, 0.4) is 0 Å². The molecule has 0 aliphatic rings. The van der Waals surface area contributed by atoms with Gasteiger partial charge in [0.15, 0.2) is 11.6 Å². The van der Waals surface area contributed by atoms with Gasteiger partial charge < -0.3 is 5.32 Å². The van der Waals surface area contributed by atoms with E-state index in [-0.39, 0.29) is 23.9 Å². The van der Waals surface area contributed by atoms with Crippen LogP contribution in [0.4, 0.5) is 0 Å². The van der Waals surface area contributed by atoms with Crippen molar-refractivity contribution in [1.29, 1.82) is 0 Å². The zero-order chi connectivity index (χ0) is 30.1. The molecule has 1 aromatic heterocycles. The fraction of sp³-hybridized carbons (Fsp3) is 0.351. The second kappa shape index (κ2) is 22.6. The number of carbonyl (C=O) groups is 3. The molecule has 5 nitrogen and oxygen atoms in total. The van der Waals surface area contributed by atoms with Gasteiger partial charge in [0.2, 0.25) is 5.91 Å². The number of rotatable bonds is 21. The number of ketones is 2. The molecular formula is C37H46N2O3. The monoisotopic (exact) mass is 566 g/mol. The lowest BCUT2D eigenvalue weighted by atomic mass is 10.0. The summed E-state index contributed by atoms with van der Waals surface area (Å²) in [5, 5.41) is 2.91. The molecule has 0 atom stereocenters. The van der Waals surface area contributed by atoms with Crippen molar-refractivity contribution in [2.45, 2.75) is 77.6 Å². The van der Waals surface area contributed by atoms with E-state index in [9.17, 15) is 14.4 Å². The highest BCUT2D eigenvalue weighted by Gasteiger charge is 2.09. The Hall–Kier alpha value is -4.12. The van der Waals surface area contributed by atoms with E-state index < -0.39 is 0 Å². The molecule has 0 bridgehead atoms. The zero-order valence-corrected chi connectivity index (χ0v) is 25.0. The number of nitrogens with zero attached hydrogens (tertiary/aromatic N) is 1. The third kappa shape index (κ3) is 16.2. The van der Waals surface area contributed by atoms with E-state index in [1.54, 1.807) is 36.7 Å². The highest BCUT2D eigenvalue weighted by atomic mass is 16.1. The Morgan fingerprint density at radius 3 is 1.90 bits per heavy atom. The number of carbonyl (C=O) groups excluding carboxylic acids is 3. The second-order valence-corrected chi connectivity index (χ2v) is 10.0. The number of Topliss-reactive ketones (excluding diaryl/α,β-unsaturated/α-hetero) is 2. The maximum Gasteiger partial charge on any atom is 0.220 e. The number of benzene rings is 1. The summed E-state index contributed by atoms with van der Waals surface area (Å²) in [6.07, 6.45) is 33.3. The lowest BCUT2D eigenvalue weighted by molar-refractivity contribution is -0.121. The standard InChI is InChI=1S/C37H46N2O3/c1-2-3-4-5-6-7-8-9-10-11-12-13-14-15-16-17-18-23-37(42)39-29-20-22-35(40)33-26-24-32(25-27-33)30-36(41)34-21-19-28-38-31-34/h3-4,6-7,9-10,12-13,15-16,19,21,24-28,31H,2,5,8,11,14,17-18,20,22-23,29-30H2,1H3,(H,39,42)/b4-3-,7-6-,10-9-,13-12-,16-15-. The van der Waals surface area contributed by atoms with Gasteiger partial charge in [-0.3, -0.25) is 19.4 Å². The van der Waals surface area contributed by atoms with E-state index in [1.807, 2.05) is 12.1 Å². The molecule has 0 spiro atoms. The molecule has 2 rings (SSSR count). The fourth-order valence-electron chi connectivity index (χ4n) is 4.08. The average Bonchev–Trinajstić information content (AvgIpc) is 3.01. The number of nitrogens with one attached hydrogen (secondary N) is 1. The van der Waals surface area contributed by atoms with Gasteiger partial charge in [0.1, 0.15) is 0 Å². The Labute approximate surface area is 252 Å². The molecule has 2 aromatic rings. The summed E-state index contributed by atoms with van der Waals surface area (Å²) in [6, 6.07) is 10.7. The van der Waals surface area contributed by atoms with E-state index in [0.717, 1.165) is 50.5 Å². The van der Waals surface area contributed by atoms with Gasteiger partial charge in [-0.15, -0.1) is 0 Å². The Morgan fingerprint density at radius 2 is 1.31 bits per heavy atom. The first kappa shape index (κ1) is 34.1. The van der Waals surface area contributed by atoms with Crippen molar-refractivity contribution in [1.82, 2.24) is 10.3 Å².